The third-order valence-corrected chi connectivity index (χ3v) is 5.83. The number of nitrogens with zero attached hydrogens (tertiary/aromatic N) is 3. The van der Waals surface area contributed by atoms with Crippen molar-refractivity contribution < 1.29 is 9.15 Å². The first-order valence-corrected chi connectivity index (χ1v) is 11.2. The molecule has 0 saturated carbocycles. The molecular formula is C22H30ClN5O2. The predicted molar refractivity (Wildman–Crippen MR) is 119 cm³/mol. The summed E-state index contributed by atoms with van der Waals surface area (Å²) >= 11 is 6.33. The number of aliphatic imine (C=N–C) groups is 1. The van der Waals surface area contributed by atoms with Gasteiger partial charge in [-0.2, -0.15) is 0 Å². The number of halogens is 1. The zero-order valence-electron chi connectivity index (χ0n) is 17.2. The second-order valence-electron chi connectivity index (χ2n) is 7.82. The van der Waals surface area contributed by atoms with E-state index >= 15 is 0 Å². The summed E-state index contributed by atoms with van der Waals surface area (Å²) in [6, 6.07) is 7.94. The summed E-state index contributed by atoms with van der Waals surface area (Å²) in [5, 5.41) is 7.74. The Labute approximate surface area is 182 Å². The lowest BCUT2D eigenvalue weighted by Crippen LogP contribution is -2.45. The molecule has 2 atom stereocenters. The topological polar surface area (TPSA) is 74.9 Å². The predicted octanol–water partition coefficient (Wildman–Crippen LogP) is 3.25. The minimum Gasteiger partial charge on any atom is -0.469 e. The summed E-state index contributed by atoms with van der Waals surface area (Å²) < 4.78 is 11.3. The molecule has 8 heteroatoms. The summed E-state index contributed by atoms with van der Waals surface area (Å²) in [7, 11) is 0. The fourth-order valence-corrected chi connectivity index (χ4v) is 4.17. The van der Waals surface area contributed by atoms with E-state index in [1.807, 2.05) is 24.3 Å². The number of nitrogens with one attached hydrogen (secondary N) is 2. The van der Waals surface area contributed by atoms with Gasteiger partial charge in [0.15, 0.2) is 5.96 Å². The van der Waals surface area contributed by atoms with Gasteiger partial charge >= 0.3 is 0 Å². The maximum atomic E-state index is 6.33. The van der Waals surface area contributed by atoms with Crippen molar-refractivity contribution in [1.29, 1.82) is 0 Å². The van der Waals surface area contributed by atoms with Crippen molar-refractivity contribution in [3.63, 3.8) is 0 Å². The molecule has 4 heterocycles. The first kappa shape index (κ1) is 21.0. The van der Waals surface area contributed by atoms with Crippen LogP contribution in [0.1, 0.15) is 31.4 Å². The fraction of sp³-hybridized carbons (Fsp3) is 0.545. The van der Waals surface area contributed by atoms with Crippen LogP contribution in [0.5, 0.6) is 0 Å². The minimum atomic E-state index is 0.217. The zero-order chi connectivity index (χ0) is 20.6. The summed E-state index contributed by atoms with van der Waals surface area (Å²) in [4.78, 5) is 11.5. The van der Waals surface area contributed by atoms with Crippen LogP contribution in [0.15, 0.2) is 46.1 Å². The van der Waals surface area contributed by atoms with Gasteiger partial charge in [0.25, 0.3) is 0 Å². The molecule has 2 aliphatic rings. The summed E-state index contributed by atoms with van der Waals surface area (Å²) in [5.41, 5.74) is 0. The summed E-state index contributed by atoms with van der Waals surface area (Å²) in [6.07, 6.45) is 8.99. The summed E-state index contributed by atoms with van der Waals surface area (Å²) in [5.74, 6) is 2.65. The van der Waals surface area contributed by atoms with Crippen molar-refractivity contribution in [3.8, 4) is 0 Å². The highest BCUT2D eigenvalue weighted by Crippen LogP contribution is 2.25. The quantitative estimate of drug-likeness (QED) is 0.517. The molecule has 30 heavy (non-hydrogen) atoms. The molecule has 2 N–H and O–H groups in total. The normalized spacial score (nSPS) is 22.3. The van der Waals surface area contributed by atoms with Crippen LogP contribution in [0.2, 0.25) is 5.02 Å². The Kier molecular flexibility index (Phi) is 7.48. The smallest absolute Gasteiger partial charge is 0.191 e. The minimum absolute atomic E-state index is 0.217. The molecule has 0 spiro atoms. The van der Waals surface area contributed by atoms with Gasteiger partial charge in [0.1, 0.15) is 11.6 Å². The molecule has 2 aromatic rings. The van der Waals surface area contributed by atoms with E-state index in [-0.39, 0.29) is 12.1 Å². The van der Waals surface area contributed by atoms with E-state index in [2.05, 4.69) is 20.5 Å². The molecule has 0 bridgehead atoms. The van der Waals surface area contributed by atoms with Gasteiger partial charge in [-0.3, -0.25) is 4.99 Å². The highest BCUT2D eigenvalue weighted by atomic mass is 35.5. The lowest BCUT2D eigenvalue weighted by molar-refractivity contribution is 0.0224. The maximum Gasteiger partial charge on any atom is 0.191 e. The average Bonchev–Trinajstić information content (AvgIpc) is 3.45. The van der Waals surface area contributed by atoms with E-state index in [1.165, 1.54) is 6.42 Å². The Morgan fingerprint density at radius 3 is 3.03 bits per heavy atom. The van der Waals surface area contributed by atoms with Gasteiger partial charge in [-0.15, -0.1) is 0 Å². The van der Waals surface area contributed by atoms with Crippen LogP contribution in [0.4, 0.5) is 5.82 Å². The van der Waals surface area contributed by atoms with E-state index in [4.69, 9.17) is 25.7 Å². The monoisotopic (exact) mass is 431 g/mol. The number of hydrogen-bond acceptors (Lipinski definition) is 5. The highest BCUT2D eigenvalue weighted by molar-refractivity contribution is 6.32. The first-order chi connectivity index (χ1) is 14.8. The van der Waals surface area contributed by atoms with Crippen molar-refractivity contribution in [1.82, 2.24) is 15.6 Å². The maximum absolute atomic E-state index is 6.33. The molecule has 0 amide bonds. The SMILES string of the molecule is Clc1cccnc1N1CCC(NC(=NCC2CCCCO2)NCCc2ccco2)C1. The van der Waals surface area contributed by atoms with Crippen LogP contribution in [0, 0.1) is 0 Å². The van der Waals surface area contributed by atoms with Crippen LogP contribution in [0.25, 0.3) is 0 Å². The van der Waals surface area contributed by atoms with Crippen molar-refractivity contribution in [2.24, 2.45) is 4.99 Å². The summed E-state index contributed by atoms with van der Waals surface area (Å²) in [6.45, 7) is 4.04. The second kappa shape index (κ2) is 10.7. The number of furan rings is 1. The molecule has 162 valence electrons. The average molecular weight is 432 g/mol. The van der Waals surface area contributed by atoms with Crippen molar-refractivity contribution in [2.45, 2.75) is 44.2 Å². The molecule has 2 unspecified atom stereocenters. The van der Waals surface area contributed by atoms with Crippen LogP contribution in [-0.2, 0) is 11.2 Å². The fourth-order valence-electron chi connectivity index (χ4n) is 3.93. The standard InChI is InChI=1S/C22H30ClN5O2/c23-20-7-3-10-24-21(20)28-12-9-17(16-28)27-22(25-11-8-18-6-4-14-29-18)26-15-19-5-1-2-13-30-19/h3-4,6-7,10,14,17,19H,1-2,5,8-9,11-13,15-16H2,(H2,25,26,27). The van der Waals surface area contributed by atoms with E-state index in [9.17, 15) is 0 Å². The van der Waals surface area contributed by atoms with Crippen LogP contribution in [-0.4, -0.2) is 55.9 Å². The van der Waals surface area contributed by atoms with Crippen molar-refractivity contribution in [2.75, 3.05) is 37.7 Å². The Morgan fingerprint density at radius 2 is 2.23 bits per heavy atom. The highest BCUT2D eigenvalue weighted by Gasteiger charge is 2.25. The van der Waals surface area contributed by atoms with E-state index in [0.717, 1.165) is 69.5 Å². The van der Waals surface area contributed by atoms with E-state index in [1.54, 1.807) is 12.5 Å². The molecule has 7 nitrogen and oxygen atoms in total. The van der Waals surface area contributed by atoms with Crippen LogP contribution < -0.4 is 15.5 Å². The van der Waals surface area contributed by atoms with Gasteiger partial charge in [-0.05, 0) is 49.9 Å². The molecular weight excluding hydrogens is 402 g/mol. The Hall–Kier alpha value is -2.25. The molecule has 2 aromatic heterocycles. The molecule has 2 aliphatic heterocycles. The van der Waals surface area contributed by atoms with Crippen molar-refractivity contribution >= 4 is 23.4 Å². The number of aromatic nitrogens is 1. The van der Waals surface area contributed by atoms with Gasteiger partial charge < -0.3 is 24.7 Å². The third-order valence-electron chi connectivity index (χ3n) is 5.54. The number of hydrogen-bond donors (Lipinski definition) is 2. The molecule has 0 aliphatic carbocycles. The van der Waals surface area contributed by atoms with Gasteiger partial charge in [0, 0.05) is 44.9 Å². The Bertz CT molecular complexity index is 808. The van der Waals surface area contributed by atoms with Crippen LogP contribution in [0.3, 0.4) is 0 Å². The van der Waals surface area contributed by atoms with E-state index in [0.29, 0.717) is 11.6 Å². The molecule has 2 fully saturated rings. The number of guanidine groups is 1. The zero-order valence-corrected chi connectivity index (χ0v) is 18.0. The molecule has 0 radical (unpaired) electrons. The Balaban J connectivity index is 1.34. The largest absolute Gasteiger partial charge is 0.469 e. The first-order valence-electron chi connectivity index (χ1n) is 10.8. The van der Waals surface area contributed by atoms with Gasteiger partial charge in [0.05, 0.1) is 23.9 Å². The number of rotatable bonds is 7. The van der Waals surface area contributed by atoms with Gasteiger partial charge in [-0.1, -0.05) is 11.6 Å². The van der Waals surface area contributed by atoms with Crippen molar-refractivity contribution in [3.05, 3.63) is 47.5 Å². The lowest BCUT2D eigenvalue weighted by atomic mass is 10.1. The Morgan fingerprint density at radius 1 is 1.27 bits per heavy atom. The lowest BCUT2D eigenvalue weighted by Gasteiger charge is -2.23. The number of ether oxygens (including phenoxy) is 1. The number of pyridine rings is 1. The molecule has 2 saturated heterocycles. The molecule has 0 aromatic carbocycles. The molecule has 4 rings (SSSR count). The third kappa shape index (κ3) is 5.89. The van der Waals surface area contributed by atoms with Gasteiger partial charge in [-0.25, -0.2) is 4.98 Å². The van der Waals surface area contributed by atoms with E-state index < -0.39 is 0 Å². The van der Waals surface area contributed by atoms with Gasteiger partial charge in [0.2, 0.25) is 0 Å². The van der Waals surface area contributed by atoms with Crippen LogP contribution >= 0.6 is 11.6 Å². The second-order valence-corrected chi connectivity index (χ2v) is 8.23. The number of anilines is 1.